The van der Waals surface area contributed by atoms with Crippen LogP contribution in [0, 0.1) is 0 Å². The molecule has 1 aromatic carbocycles. The number of amidine groups is 1. The first-order valence-corrected chi connectivity index (χ1v) is 9.40. The molecule has 0 aromatic heterocycles. The van der Waals surface area contributed by atoms with Gasteiger partial charge in [-0.3, -0.25) is 4.79 Å². The maximum atomic E-state index is 12.0. The van der Waals surface area contributed by atoms with E-state index in [0.717, 1.165) is 5.56 Å². The number of carbonyl (C=O) groups excluding carboxylic acids is 1. The quantitative estimate of drug-likeness (QED) is 0.810. The number of nitrogens with zero attached hydrogens (tertiary/aromatic N) is 2. The molecule has 3 rings (SSSR count). The molecule has 0 saturated carbocycles. The number of benzene rings is 1. The van der Waals surface area contributed by atoms with E-state index in [1.807, 2.05) is 42.3 Å². The highest BCUT2D eigenvalue weighted by atomic mass is 32.2. The fourth-order valence-electron chi connectivity index (χ4n) is 2.65. The smallest absolute Gasteiger partial charge is 0.252 e. The van der Waals surface area contributed by atoms with Crippen molar-refractivity contribution in [1.82, 2.24) is 4.90 Å². The number of rotatable bonds is 2. The Kier molecular flexibility index (Phi) is 3.79. The Hall–Kier alpha value is -1.34. The third-order valence-electron chi connectivity index (χ3n) is 3.75. The minimum atomic E-state index is -2.94. The summed E-state index contributed by atoms with van der Waals surface area (Å²) < 4.78 is 23.2. The van der Waals surface area contributed by atoms with E-state index in [2.05, 4.69) is 4.99 Å². The van der Waals surface area contributed by atoms with Crippen molar-refractivity contribution in [2.24, 2.45) is 4.99 Å². The predicted octanol–water partition coefficient (Wildman–Crippen LogP) is 0.956. The second kappa shape index (κ2) is 5.46. The van der Waals surface area contributed by atoms with Gasteiger partial charge in [-0.1, -0.05) is 42.1 Å². The van der Waals surface area contributed by atoms with Crippen molar-refractivity contribution in [2.45, 2.75) is 17.7 Å². The summed E-state index contributed by atoms with van der Waals surface area (Å²) in [6.45, 7) is 0. The van der Waals surface area contributed by atoms with Crippen LogP contribution >= 0.6 is 11.8 Å². The Morgan fingerprint density at radius 3 is 2.71 bits per heavy atom. The maximum Gasteiger partial charge on any atom is 0.252 e. The predicted molar refractivity (Wildman–Crippen MR) is 84.2 cm³/mol. The normalized spacial score (nSPS) is 28.8. The molecule has 0 radical (unpaired) electrons. The van der Waals surface area contributed by atoms with Crippen LogP contribution in [0.15, 0.2) is 35.3 Å². The third kappa shape index (κ3) is 3.13. The highest BCUT2D eigenvalue weighted by Crippen LogP contribution is 2.36. The van der Waals surface area contributed by atoms with Gasteiger partial charge >= 0.3 is 0 Å². The van der Waals surface area contributed by atoms with E-state index < -0.39 is 9.84 Å². The van der Waals surface area contributed by atoms with Crippen LogP contribution in [0.2, 0.25) is 0 Å². The van der Waals surface area contributed by atoms with Gasteiger partial charge in [-0.15, -0.1) is 0 Å². The lowest BCUT2D eigenvalue weighted by atomic mass is 10.1. The van der Waals surface area contributed by atoms with Crippen molar-refractivity contribution in [3.8, 4) is 0 Å². The molecule has 0 bridgehead atoms. The van der Waals surface area contributed by atoms with E-state index in [9.17, 15) is 13.2 Å². The van der Waals surface area contributed by atoms with Gasteiger partial charge < -0.3 is 4.90 Å². The van der Waals surface area contributed by atoms with Gasteiger partial charge in [-0.25, -0.2) is 8.42 Å². The number of aliphatic imine (C=N–C) groups is 1. The number of sulfone groups is 1. The summed E-state index contributed by atoms with van der Waals surface area (Å²) in [5.41, 5.74) is 0.931. The molecule has 1 aromatic rings. The number of carbonyl (C=O) groups is 1. The molecule has 2 aliphatic rings. The highest BCUT2D eigenvalue weighted by Gasteiger charge is 2.47. The minimum Gasteiger partial charge on any atom is -0.349 e. The zero-order chi connectivity index (χ0) is 15.0. The van der Waals surface area contributed by atoms with Crippen LogP contribution in [-0.2, 0) is 21.1 Å². The number of thioether (sulfide) groups is 1. The van der Waals surface area contributed by atoms with Gasteiger partial charge in [0.2, 0.25) is 0 Å². The summed E-state index contributed by atoms with van der Waals surface area (Å²) >= 11 is 1.41. The summed E-state index contributed by atoms with van der Waals surface area (Å²) in [6.07, 6.45) is 0.270. The van der Waals surface area contributed by atoms with Gasteiger partial charge in [-0.05, 0) is 5.56 Å². The van der Waals surface area contributed by atoms with E-state index >= 15 is 0 Å². The lowest BCUT2D eigenvalue weighted by molar-refractivity contribution is -0.117. The van der Waals surface area contributed by atoms with Gasteiger partial charge in [0.25, 0.3) is 5.91 Å². The molecule has 0 unspecified atom stereocenters. The summed E-state index contributed by atoms with van der Waals surface area (Å²) in [7, 11) is -1.13. The van der Waals surface area contributed by atoms with Gasteiger partial charge in [0.05, 0.1) is 24.0 Å². The average Bonchev–Trinajstić information content (AvgIpc) is 2.85. The highest BCUT2D eigenvalue weighted by molar-refractivity contribution is 8.15. The molecule has 21 heavy (non-hydrogen) atoms. The molecule has 2 atom stereocenters. The average molecular weight is 324 g/mol. The summed E-state index contributed by atoms with van der Waals surface area (Å²) in [4.78, 5) is 18.0. The second-order valence-corrected chi connectivity index (χ2v) is 8.72. The molecule has 2 heterocycles. The van der Waals surface area contributed by atoms with Gasteiger partial charge in [0.1, 0.15) is 0 Å². The topological polar surface area (TPSA) is 66.8 Å². The van der Waals surface area contributed by atoms with Crippen LogP contribution in [0.4, 0.5) is 0 Å². The zero-order valence-corrected chi connectivity index (χ0v) is 13.2. The van der Waals surface area contributed by atoms with Crippen molar-refractivity contribution < 1.29 is 13.2 Å². The molecule has 112 valence electrons. The van der Waals surface area contributed by atoms with Crippen LogP contribution in [0.25, 0.3) is 0 Å². The van der Waals surface area contributed by atoms with Crippen LogP contribution in [0.5, 0.6) is 0 Å². The minimum absolute atomic E-state index is 0.00303. The molecule has 2 aliphatic heterocycles. The SMILES string of the molecule is CN1C(=NC(=O)Cc2ccccc2)S[C@@H]2CS(=O)(=O)C[C@@H]21. The van der Waals surface area contributed by atoms with E-state index in [-0.39, 0.29) is 35.1 Å². The molecular weight excluding hydrogens is 308 g/mol. The van der Waals surface area contributed by atoms with Gasteiger partial charge in [0, 0.05) is 12.3 Å². The molecule has 2 fully saturated rings. The van der Waals surface area contributed by atoms with E-state index in [1.54, 1.807) is 0 Å². The Bertz CT molecular complexity index is 685. The third-order valence-corrected chi connectivity index (χ3v) is 7.05. The van der Waals surface area contributed by atoms with E-state index in [4.69, 9.17) is 0 Å². The second-order valence-electron chi connectivity index (χ2n) is 5.36. The van der Waals surface area contributed by atoms with Crippen LogP contribution in [0.1, 0.15) is 5.56 Å². The van der Waals surface area contributed by atoms with Crippen molar-refractivity contribution in [1.29, 1.82) is 0 Å². The molecule has 7 heteroatoms. The number of amides is 1. The Balaban J connectivity index is 1.70. The lowest BCUT2D eigenvalue weighted by Crippen LogP contribution is -2.34. The summed E-state index contributed by atoms with van der Waals surface area (Å²) in [5.74, 6) is 0.143. The molecule has 2 saturated heterocycles. The summed E-state index contributed by atoms with van der Waals surface area (Å²) in [6, 6.07) is 9.42. The van der Waals surface area contributed by atoms with E-state index in [0.29, 0.717) is 5.17 Å². The standard InChI is InChI=1S/C14H16N2O3S2/c1-16-11-8-21(18,19)9-12(11)20-14(16)15-13(17)7-10-5-3-2-4-6-10/h2-6,11-12H,7-9H2,1H3/t11-,12+/m0/s1. The molecule has 5 nitrogen and oxygen atoms in total. The van der Waals surface area contributed by atoms with Crippen molar-refractivity contribution in [2.75, 3.05) is 18.6 Å². The first-order chi connectivity index (χ1) is 9.94. The molecule has 1 amide bonds. The summed E-state index contributed by atoms with van der Waals surface area (Å²) in [5, 5.41) is 0.643. The van der Waals surface area contributed by atoms with Crippen molar-refractivity contribution in [3.05, 3.63) is 35.9 Å². The Labute approximate surface area is 128 Å². The van der Waals surface area contributed by atoms with Gasteiger partial charge in [-0.2, -0.15) is 4.99 Å². The first-order valence-electron chi connectivity index (χ1n) is 6.70. The van der Waals surface area contributed by atoms with Crippen LogP contribution in [-0.4, -0.2) is 54.2 Å². The number of fused-ring (bicyclic) bond motifs is 1. The van der Waals surface area contributed by atoms with Crippen molar-refractivity contribution in [3.63, 3.8) is 0 Å². The van der Waals surface area contributed by atoms with Crippen molar-refractivity contribution >= 4 is 32.7 Å². The van der Waals surface area contributed by atoms with Crippen LogP contribution in [0.3, 0.4) is 0 Å². The van der Waals surface area contributed by atoms with Gasteiger partial charge in [0.15, 0.2) is 15.0 Å². The molecule has 0 aliphatic carbocycles. The fraction of sp³-hybridized carbons (Fsp3) is 0.429. The Morgan fingerprint density at radius 2 is 2.05 bits per heavy atom. The lowest BCUT2D eigenvalue weighted by Gasteiger charge is -2.17. The first kappa shape index (κ1) is 14.6. The number of hydrogen-bond donors (Lipinski definition) is 0. The number of hydrogen-bond acceptors (Lipinski definition) is 4. The Morgan fingerprint density at radius 1 is 1.33 bits per heavy atom. The zero-order valence-electron chi connectivity index (χ0n) is 11.6. The maximum absolute atomic E-state index is 12.0. The largest absolute Gasteiger partial charge is 0.349 e. The van der Waals surface area contributed by atoms with Crippen LogP contribution < -0.4 is 0 Å². The van der Waals surface area contributed by atoms with E-state index in [1.165, 1.54) is 11.8 Å². The molecule has 0 N–H and O–H groups in total. The monoisotopic (exact) mass is 324 g/mol. The molecule has 0 spiro atoms. The fourth-order valence-corrected chi connectivity index (χ4v) is 6.67. The molecular formula is C14H16N2O3S2.